The largest absolute Gasteiger partial charge is 0.311 e. The monoisotopic (exact) mass is 791 g/mol. The van der Waals surface area contributed by atoms with Gasteiger partial charge in [0.1, 0.15) is 0 Å². The fourth-order valence-corrected chi connectivity index (χ4v) is 9.88. The van der Waals surface area contributed by atoms with Crippen molar-refractivity contribution in [2.75, 3.05) is 4.90 Å². The molecule has 1 aliphatic carbocycles. The molecule has 0 unspecified atom stereocenters. The molecule has 0 saturated carbocycles. The minimum absolute atomic E-state index is 0.176. The number of rotatable bonds is 8. The van der Waals surface area contributed by atoms with Gasteiger partial charge in [-0.05, 0) is 125 Å². The van der Waals surface area contributed by atoms with E-state index in [2.05, 4.69) is 255 Å². The van der Waals surface area contributed by atoms with Crippen LogP contribution in [-0.2, 0) is 5.41 Å². The fraction of sp³-hybridized carbons (Fsp3) is 0.0492. The van der Waals surface area contributed by atoms with E-state index in [-0.39, 0.29) is 5.41 Å². The highest BCUT2D eigenvalue weighted by Crippen LogP contribution is 2.58. The summed E-state index contributed by atoms with van der Waals surface area (Å²) in [5.41, 5.74) is 20.8. The highest BCUT2D eigenvalue weighted by molar-refractivity contribution is 6.14. The van der Waals surface area contributed by atoms with Gasteiger partial charge in [0.05, 0.1) is 0 Å². The summed E-state index contributed by atoms with van der Waals surface area (Å²) in [6.07, 6.45) is 0. The lowest BCUT2D eigenvalue weighted by atomic mass is 9.77. The third kappa shape index (κ3) is 6.42. The highest BCUT2D eigenvalue weighted by atomic mass is 15.1. The normalized spacial score (nSPS) is 12.5. The van der Waals surface area contributed by atoms with Crippen LogP contribution in [0.5, 0.6) is 0 Å². The lowest BCUT2D eigenvalue weighted by Gasteiger charge is -2.27. The van der Waals surface area contributed by atoms with E-state index >= 15 is 0 Å². The highest BCUT2D eigenvalue weighted by Gasteiger charge is 2.40. The van der Waals surface area contributed by atoms with Crippen molar-refractivity contribution in [2.45, 2.75) is 19.3 Å². The van der Waals surface area contributed by atoms with Crippen molar-refractivity contribution in [3.8, 4) is 66.8 Å². The quantitative estimate of drug-likeness (QED) is 0.148. The third-order valence-electron chi connectivity index (χ3n) is 12.9. The average molecular weight is 792 g/mol. The van der Waals surface area contributed by atoms with Crippen LogP contribution in [0.1, 0.15) is 25.0 Å². The van der Waals surface area contributed by atoms with Gasteiger partial charge in [-0.25, -0.2) is 0 Å². The molecule has 0 aliphatic heterocycles. The van der Waals surface area contributed by atoms with Crippen molar-refractivity contribution in [3.05, 3.63) is 248 Å². The van der Waals surface area contributed by atoms with E-state index in [9.17, 15) is 0 Å². The van der Waals surface area contributed by atoms with Crippen LogP contribution in [0.2, 0.25) is 0 Å². The zero-order valence-corrected chi connectivity index (χ0v) is 35.0. The van der Waals surface area contributed by atoms with Crippen molar-refractivity contribution in [2.24, 2.45) is 0 Å². The summed E-state index contributed by atoms with van der Waals surface area (Å²) in [6, 6.07) is 86.4. The van der Waals surface area contributed by atoms with E-state index < -0.39 is 0 Å². The molecule has 0 bridgehead atoms. The van der Waals surface area contributed by atoms with Crippen LogP contribution in [0.25, 0.3) is 77.5 Å². The Labute approximate surface area is 364 Å². The molecule has 0 saturated heterocycles. The Morgan fingerprint density at radius 1 is 0.274 bits per heavy atom. The molecule has 0 atom stereocenters. The SMILES string of the molecule is CC1(C)c2ccccc2-c2c(-c3ccc(N(c4ccc(-c5ccccc5)cc4)c4ccc(-c5ccccc5)cc4)cc3)c(-c3ccc(-c4ccccc4)cc3)c3ccccc3c21. The van der Waals surface area contributed by atoms with Gasteiger partial charge < -0.3 is 4.90 Å². The van der Waals surface area contributed by atoms with Gasteiger partial charge in [0.15, 0.2) is 0 Å². The van der Waals surface area contributed by atoms with Crippen LogP contribution in [0.3, 0.4) is 0 Å². The molecule has 11 rings (SSSR count). The molecular formula is C61H45N. The van der Waals surface area contributed by atoms with E-state index in [4.69, 9.17) is 0 Å². The number of anilines is 3. The lowest BCUT2D eigenvalue weighted by Crippen LogP contribution is -2.15. The molecular weight excluding hydrogens is 747 g/mol. The number of benzene rings is 10. The van der Waals surface area contributed by atoms with Crippen LogP contribution in [0.4, 0.5) is 17.1 Å². The number of hydrogen-bond acceptors (Lipinski definition) is 1. The summed E-state index contributed by atoms with van der Waals surface area (Å²) in [5.74, 6) is 0. The van der Waals surface area contributed by atoms with Gasteiger partial charge in [0.2, 0.25) is 0 Å². The first kappa shape index (κ1) is 37.3. The summed E-state index contributed by atoms with van der Waals surface area (Å²) in [7, 11) is 0. The minimum Gasteiger partial charge on any atom is -0.311 e. The van der Waals surface area contributed by atoms with Gasteiger partial charge in [0, 0.05) is 22.5 Å². The maximum Gasteiger partial charge on any atom is 0.0462 e. The van der Waals surface area contributed by atoms with Crippen molar-refractivity contribution in [3.63, 3.8) is 0 Å². The van der Waals surface area contributed by atoms with E-state index in [1.807, 2.05) is 0 Å². The Balaban J connectivity index is 1.09. The second-order valence-corrected chi connectivity index (χ2v) is 16.9. The van der Waals surface area contributed by atoms with Crippen molar-refractivity contribution in [1.82, 2.24) is 0 Å². The van der Waals surface area contributed by atoms with Gasteiger partial charge in [0.25, 0.3) is 0 Å². The molecule has 0 aromatic heterocycles. The molecule has 0 amide bonds. The summed E-state index contributed by atoms with van der Waals surface area (Å²) >= 11 is 0. The topological polar surface area (TPSA) is 3.24 Å². The molecule has 1 nitrogen and oxygen atoms in total. The summed E-state index contributed by atoms with van der Waals surface area (Å²) < 4.78 is 0. The molecule has 10 aromatic rings. The number of nitrogens with zero attached hydrogens (tertiary/aromatic N) is 1. The Morgan fingerprint density at radius 2 is 0.613 bits per heavy atom. The lowest BCUT2D eigenvalue weighted by molar-refractivity contribution is 0.666. The maximum atomic E-state index is 2.40. The zero-order valence-electron chi connectivity index (χ0n) is 35.0. The predicted octanol–water partition coefficient (Wildman–Crippen LogP) is 17.0. The van der Waals surface area contributed by atoms with E-state index in [1.54, 1.807) is 0 Å². The Hall–Kier alpha value is -7.74. The standard InChI is InChI=1S/C61H45N/c1-61(2)56-25-15-14-24-55(56)59-58(57(53-22-12-13-23-54(53)60(59)61)48-28-26-45(27-29-48)42-16-6-3-7-17-42)49-34-40-52(41-35-49)62(50-36-30-46(31-37-50)43-18-8-4-9-19-43)51-38-32-47(33-39-51)44-20-10-5-11-21-44/h3-41H,1-2H3. The molecule has 10 aromatic carbocycles. The first-order chi connectivity index (χ1) is 30.5. The van der Waals surface area contributed by atoms with Crippen molar-refractivity contribution >= 4 is 27.8 Å². The molecule has 0 radical (unpaired) electrons. The van der Waals surface area contributed by atoms with Gasteiger partial charge in [-0.1, -0.05) is 214 Å². The molecule has 62 heavy (non-hydrogen) atoms. The second-order valence-electron chi connectivity index (χ2n) is 16.9. The first-order valence-corrected chi connectivity index (χ1v) is 21.6. The zero-order chi connectivity index (χ0) is 41.6. The summed E-state index contributed by atoms with van der Waals surface area (Å²) in [4.78, 5) is 2.37. The average Bonchev–Trinajstić information content (AvgIpc) is 3.59. The van der Waals surface area contributed by atoms with Gasteiger partial charge in [-0.3, -0.25) is 0 Å². The minimum atomic E-state index is -0.176. The van der Waals surface area contributed by atoms with Gasteiger partial charge >= 0.3 is 0 Å². The van der Waals surface area contributed by atoms with Crippen LogP contribution in [0.15, 0.2) is 237 Å². The molecule has 1 heteroatoms. The molecule has 294 valence electrons. The van der Waals surface area contributed by atoms with Crippen LogP contribution >= 0.6 is 0 Å². The van der Waals surface area contributed by atoms with Crippen molar-refractivity contribution in [1.29, 1.82) is 0 Å². The Bertz CT molecular complexity index is 3100. The summed E-state index contributed by atoms with van der Waals surface area (Å²) in [5, 5.41) is 2.59. The molecule has 0 spiro atoms. The summed E-state index contributed by atoms with van der Waals surface area (Å²) in [6.45, 7) is 4.80. The maximum absolute atomic E-state index is 2.40. The second kappa shape index (κ2) is 15.4. The van der Waals surface area contributed by atoms with E-state index in [0.29, 0.717) is 0 Å². The molecule has 0 N–H and O–H groups in total. The molecule has 0 heterocycles. The third-order valence-corrected chi connectivity index (χ3v) is 12.9. The Kier molecular flexibility index (Phi) is 9.24. The molecule has 0 fully saturated rings. The molecule has 1 aliphatic rings. The number of fused-ring (bicyclic) bond motifs is 5. The predicted molar refractivity (Wildman–Crippen MR) is 263 cm³/mol. The van der Waals surface area contributed by atoms with Crippen LogP contribution in [0, 0.1) is 0 Å². The van der Waals surface area contributed by atoms with Gasteiger partial charge in [-0.2, -0.15) is 0 Å². The van der Waals surface area contributed by atoms with E-state index in [0.717, 1.165) is 17.1 Å². The van der Waals surface area contributed by atoms with Crippen molar-refractivity contribution < 1.29 is 0 Å². The van der Waals surface area contributed by atoms with Crippen LogP contribution in [-0.4, -0.2) is 0 Å². The first-order valence-electron chi connectivity index (χ1n) is 21.6. The smallest absolute Gasteiger partial charge is 0.0462 e. The fourth-order valence-electron chi connectivity index (χ4n) is 9.88. The number of hydrogen-bond donors (Lipinski definition) is 0. The van der Waals surface area contributed by atoms with Crippen LogP contribution < -0.4 is 4.90 Å². The van der Waals surface area contributed by atoms with E-state index in [1.165, 1.54) is 88.7 Å². The Morgan fingerprint density at radius 3 is 1.10 bits per heavy atom. The van der Waals surface area contributed by atoms with Gasteiger partial charge in [-0.15, -0.1) is 0 Å².